The van der Waals surface area contributed by atoms with Crippen molar-refractivity contribution in [2.45, 2.75) is 12.5 Å². The van der Waals surface area contributed by atoms with Crippen LogP contribution >= 0.6 is 0 Å². The van der Waals surface area contributed by atoms with Crippen molar-refractivity contribution in [2.75, 3.05) is 18.1 Å². The van der Waals surface area contributed by atoms with Gasteiger partial charge in [0.25, 0.3) is 0 Å². The fourth-order valence-electron chi connectivity index (χ4n) is 3.34. The van der Waals surface area contributed by atoms with Gasteiger partial charge in [0.05, 0.1) is 36.3 Å². The van der Waals surface area contributed by atoms with Crippen LogP contribution in [0.5, 0.6) is 0 Å². The van der Waals surface area contributed by atoms with E-state index in [0.717, 1.165) is 22.2 Å². The van der Waals surface area contributed by atoms with Crippen molar-refractivity contribution in [3.8, 4) is 6.07 Å². The van der Waals surface area contributed by atoms with E-state index in [1.807, 2.05) is 42.6 Å². The average Bonchev–Trinajstić information content (AvgIpc) is 3.22. The number of nitrogens with two attached hydrogens (primary N) is 1. The Kier molecular flexibility index (Phi) is 5.14. The topological polar surface area (TPSA) is 107 Å². The molecular formula is C21H20N8. The maximum Gasteiger partial charge on any atom is 0.169 e. The van der Waals surface area contributed by atoms with E-state index in [0.29, 0.717) is 24.6 Å². The lowest BCUT2D eigenvalue weighted by Gasteiger charge is -2.21. The Balaban J connectivity index is 1.58. The summed E-state index contributed by atoms with van der Waals surface area (Å²) in [5.74, 6) is 6.92. The second-order valence-electron chi connectivity index (χ2n) is 6.77. The number of hydrazine groups is 1. The summed E-state index contributed by atoms with van der Waals surface area (Å²) in [4.78, 5) is 13.1. The van der Waals surface area contributed by atoms with Gasteiger partial charge in [0.2, 0.25) is 0 Å². The van der Waals surface area contributed by atoms with E-state index >= 15 is 0 Å². The monoisotopic (exact) mass is 384 g/mol. The molecule has 0 amide bonds. The van der Waals surface area contributed by atoms with Gasteiger partial charge in [-0.15, -0.1) is 0 Å². The highest BCUT2D eigenvalue weighted by Crippen LogP contribution is 2.29. The molecule has 8 heteroatoms. The minimum Gasteiger partial charge on any atom is -0.289 e. The number of nitrogens with zero attached hydrogens (tertiary/aromatic N) is 7. The van der Waals surface area contributed by atoms with Crippen LogP contribution in [0, 0.1) is 11.3 Å². The first-order valence-electron chi connectivity index (χ1n) is 9.17. The maximum absolute atomic E-state index is 8.85. The van der Waals surface area contributed by atoms with Gasteiger partial charge in [0.15, 0.2) is 5.82 Å². The van der Waals surface area contributed by atoms with Crippen LogP contribution < -0.4 is 10.9 Å². The molecule has 8 nitrogen and oxygen atoms in total. The maximum atomic E-state index is 8.85. The Hall–Kier alpha value is -3.83. The number of fused-ring (bicyclic) bond motifs is 1. The number of pyridine rings is 2. The van der Waals surface area contributed by atoms with Crippen LogP contribution in [-0.4, -0.2) is 41.0 Å². The number of hydrogen-bond donors (Lipinski definition) is 1. The summed E-state index contributed by atoms with van der Waals surface area (Å²) in [6, 6.07) is 15.8. The van der Waals surface area contributed by atoms with Crippen molar-refractivity contribution in [3.63, 3.8) is 0 Å². The fraction of sp³-hybridized carbons (Fsp3) is 0.190. The van der Waals surface area contributed by atoms with Crippen molar-refractivity contribution in [1.82, 2.24) is 15.0 Å². The Bertz CT molecular complexity index is 1120. The predicted octanol–water partition coefficient (Wildman–Crippen LogP) is 2.75. The first-order valence-corrected chi connectivity index (χ1v) is 9.17. The number of hydrazone groups is 1. The number of anilines is 1. The Labute approximate surface area is 168 Å². The number of rotatable bonds is 6. The second-order valence-corrected chi connectivity index (χ2v) is 6.77. The molecule has 0 saturated heterocycles. The van der Waals surface area contributed by atoms with Crippen LogP contribution in [0.4, 0.5) is 11.5 Å². The van der Waals surface area contributed by atoms with Gasteiger partial charge in [0, 0.05) is 17.8 Å². The predicted molar refractivity (Wildman–Crippen MR) is 114 cm³/mol. The normalized spacial score (nSPS) is 15.4. The van der Waals surface area contributed by atoms with Crippen LogP contribution in [-0.2, 0) is 6.54 Å². The van der Waals surface area contributed by atoms with Crippen molar-refractivity contribution < 1.29 is 0 Å². The third-order valence-corrected chi connectivity index (χ3v) is 4.79. The molecule has 0 saturated carbocycles. The van der Waals surface area contributed by atoms with Gasteiger partial charge in [0.1, 0.15) is 12.2 Å². The molecule has 3 aromatic rings. The highest BCUT2D eigenvalue weighted by molar-refractivity contribution is 5.79. The molecule has 1 unspecified atom stereocenters. The molecule has 0 spiro atoms. The van der Waals surface area contributed by atoms with E-state index < -0.39 is 0 Å². The van der Waals surface area contributed by atoms with Gasteiger partial charge in [-0.25, -0.2) is 10.8 Å². The lowest BCUT2D eigenvalue weighted by molar-refractivity contribution is 0.347. The molecule has 0 bridgehead atoms. The molecule has 2 N–H and O–H groups in total. The molecule has 1 aliphatic heterocycles. The van der Waals surface area contributed by atoms with Crippen LogP contribution in [0.1, 0.15) is 17.2 Å². The molecule has 2 aromatic heterocycles. The van der Waals surface area contributed by atoms with E-state index in [1.54, 1.807) is 16.2 Å². The summed E-state index contributed by atoms with van der Waals surface area (Å²) >= 11 is 0. The third kappa shape index (κ3) is 3.90. The Morgan fingerprint density at radius 2 is 2.21 bits per heavy atom. The molecule has 144 valence electrons. The van der Waals surface area contributed by atoms with Crippen LogP contribution in [0.3, 0.4) is 0 Å². The zero-order valence-corrected chi connectivity index (χ0v) is 15.8. The average molecular weight is 384 g/mol. The number of hydrogen-bond acceptors (Lipinski definition) is 8. The van der Waals surface area contributed by atoms with Crippen molar-refractivity contribution >= 4 is 35.3 Å². The Morgan fingerprint density at radius 1 is 1.31 bits per heavy atom. The zero-order valence-electron chi connectivity index (χ0n) is 15.8. The molecule has 1 aromatic carbocycles. The van der Waals surface area contributed by atoms with Crippen molar-refractivity contribution in [3.05, 3.63) is 59.9 Å². The molecule has 1 aliphatic rings. The smallest absolute Gasteiger partial charge is 0.169 e. The SMILES string of the molecule is C=Nc1ccc(C2C=NN(CC#N)C2)nc1N(N)Cc1ccc2ncccc2c1. The lowest BCUT2D eigenvalue weighted by Crippen LogP contribution is -2.31. The molecule has 4 rings (SSSR count). The Morgan fingerprint density at radius 3 is 3.03 bits per heavy atom. The van der Waals surface area contributed by atoms with Crippen molar-refractivity contribution in [2.24, 2.45) is 15.9 Å². The van der Waals surface area contributed by atoms with E-state index in [9.17, 15) is 0 Å². The van der Waals surface area contributed by atoms with Crippen LogP contribution in [0.25, 0.3) is 10.9 Å². The van der Waals surface area contributed by atoms with Crippen LogP contribution in [0.2, 0.25) is 0 Å². The minimum absolute atomic E-state index is 0.00103. The number of aliphatic imine (C=N–C) groups is 1. The minimum atomic E-state index is 0.00103. The van der Waals surface area contributed by atoms with Crippen LogP contribution in [0.15, 0.2) is 58.8 Å². The van der Waals surface area contributed by atoms with Crippen molar-refractivity contribution in [1.29, 1.82) is 5.26 Å². The van der Waals surface area contributed by atoms with Gasteiger partial charge >= 0.3 is 0 Å². The van der Waals surface area contributed by atoms with E-state index in [4.69, 9.17) is 16.1 Å². The first-order chi connectivity index (χ1) is 14.2. The number of nitriles is 1. The summed E-state index contributed by atoms with van der Waals surface area (Å²) in [7, 11) is 0. The zero-order chi connectivity index (χ0) is 20.2. The molecule has 3 heterocycles. The second kappa shape index (κ2) is 8.04. The summed E-state index contributed by atoms with van der Waals surface area (Å²) in [5, 5.41) is 17.5. The number of benzene rings is 1. The summed E-state index contributed by atoms with van der Waals surface area (Å²) in [6.45, 7) is 4.97. The summed E-state index contributed by atoms with van der Waals surface area (Å²) in [5.41, 5.74) is 3.42. The molecule has 1 atom stereocenters. The molecule has 29 heavy (non-hydrogen) atoms. The summed E-state index contributed by atoms with van der Waals surface area (Å²) < 4.78 is 0. The standard InChI is InChI=1S/C21H20N8/c1-24-20-7-6-19(17-12-26-28(14-17)10-8-22)27-21(20)29(23)13-15-4-5-18-16(11-15)3-2-9-25-18/h2-7,9,11-12,17H,1,10,13-14,23H2. The van der Waals surface area contributed by atoms with E-state index in [-0.39, 0.29) is 12.5 Å². The van der Waals surface area contributed by atoms with Gasteiger partial charge < -0.3 is 0 Å². The number of aromatic nitrogens is 2. The highest BCUT2D eigenvalue weighted by Gasteiger charge is 2.22. The first kappa shape index (κ1) is 18.5. The largest absolute Gasteiger partial charge is 0.289 e. The van der Waals surface area contributed by atoms with Gasteiger partial charge in [-0.3, -0.25) is 20.0 Å². The van der Waals surface area contributed by atoms with Gasteiger partial charge in [-0.1, -0.05) is 12.1 Å². The van der Waals surface area contributed by atoms with Gasteiger partial charge in [-0.05, 0) is 42.6 Å². The lowest BCUT2D eigenvalue weighted by atomic mass is 10.1. The molecule has 0 aliphatic carbocycles. The third-order valence-electron chi connectivity index (χ3n) is 4.79. The van der Waals surface area contributed by atoms with E-state index in [2.05, 4.69) is 33.9 Å². The summed E-state index contributed by atoms with van der Waals surface area (Å²) in [6.07, 6.45) is 3.58. The fourth-order valence-corrected chi connectivity index (χ4v) is 3.34. The molecule has 0 radical (unpaired) electrons. The molecule has 0 fully saturated rings. The quantitative estimate of drug-likeness (QED) is 0.303. The highest BCUT2D eigenvalue weighted by atomic mass is 15.5. The van der Waals surface area contributed by atoms with E-state index in [1.165, 1.54) is 0 Å². The molecular weight excluding hydrogens is 364 g/mol. The van der Waals surface area contributed by atoms with Gasteiger partial charge in [-0.2, -0.15) is 10.4 Å².